The number of allylic oxidation sites excluding steroid dienone is 1. The van der Waals surface area contributed by atoms with Crippen molar-refractivity contribution in [2.24, 2.45) is 17.8 Å². The Balaban J connectivity index is 1.58. The van der Waals surface area contributed by atoms with E-state index in [9.17, 15) is 14.7 Å². The van der Waals surface area contributed by atoms with Crippen LogP contribution in [0.25, 0.3) is 0 Å². The van der Waals surface area contributed by atoms with Gasteiger partial charge in [-0.15, -0.1) is 0 Å². The molecule has 3 fully saturated rings. The zero-order chi connectivity index (χ0) is 18.9. The van der Waals surface area contributed by atoms with Gasteiger partial charge >= 0.3 is 5.97 Å². The molecule has 1 aliphatic carbocycles. The van der Waals surface area contributed by atoms with Gasteiger partial charge in [0.25, 0.3) is 5.91 Å². The first-order chi connectivity index (χ1) is 13.0. The van der Waals surface area contributed by atoms with Crippen molar-refractivity contribution >= 4 is 11.9 Å². The van der Waals surface area contributed by atoms with E-state index in [1.54, 1.807) is 6.08 Å². The van der Waals surface area contributed by atoms with Crippen LogP contribution in [0.4, 0.5) is 4.39 Å². The van der Waals surface area contributed by atoms with E-state index in [1.165, 1.54) is 11.1 Å². The van der Waals surface area contributed by atoms with Crippen molar-refractivity contribution in [3.63, 3.8) is 0 Å². The molecule has 4 unspecified atom stereocenters. The van der Waals surface area contributed by atoms with Gasteiger partial charge in [0, 0.05) is 37.8 Å². The van der Waals surface area contributed by atoms with Crippen LogP contribution in [-0.2, 0) is 9.59 Å². The Bertz CT molecular complexity index is 813. The van der Waals surface area contributed by atoms with E-state index in [0.29, 0.717) is 23.6 Å². The molecule has 0 aromatic rings. The minimum absolute atomic E-state index is 0.0618. The summed E-state index contributed by atoms with van der Waals surface area (Å²) in [5.74, 6) is -1.42. The van der Waals surface area contributed by atoms with Crippen LogP contribution < -0.4 is 5.32 Å². The fourth-order valence-electron chi connectivity index (χ4n) is 5.48. The number of hydrogen-bond acceptors (Lipinski definition) is 4. The standard InChI is InChI=1S/C20H24FN3O3/c1-10-17-13(11-2-3-11)6-14(20(26)27)19(25)24(17)9-15(21)18(10)23-5-4-12-7-22-8-16(12)23/h6,9,11-13,16-17,22H,2-5,7-8H2,1H3,(H,26,27). The van der Waals surface area contributed by atoms with Gasteiger partial charge in [0.05, 0.1) is 11.7 Å². The number of nitrogens with zero attached hydrogens (tertiary/aromatic N) is 2. The number of nitrogens with one attached hydrogen (secondary N) is 1. The summed E-state index contributed by atoms with van der Waals surface area (Å²) in [7, 11) is 0. The predicted octanol–water partition coefficient (Wildman–Crippen LogP) is 1.63. The van der Waals surface area contributed by atoms with Gasteiger partial charge < -0.3 is 20.2 Å². The number of fused-ring (bicyclic) bond motifs is 2. The van der Waals surface area contributed by atoms with Crippen molar-refractivity contribution < 1.29 is 19.1 Å². The van der Waals surface area contributed by atoms with Crippen molar-refractivity contribution in [2.45, 2.75) is 38.3 Å². The number of amides is 1. The van der Waals surface area contributed by atoms with E-state index in [-0.39, 0.29) is 17.5 Å². The predicted molar refractivity (Wildman–Crippen MR) is 95.9 cm³/mol. The fraction of sp³-hybridized carbons (Fsp3) is 0.600. The number of halogens is 1. The number of carbonyl (C=O) groups is 2. The average Bonchev–Trinajstić information content (AvgIpc) is 3.23. The molecule has 1 saturated carbocycles. The molecule has 4 heterocycles. The normalized spacial score (nSPS) is 35.9. The van der Waals surface area contributed by atoms with Gasteiger partial charge in [0.1, 0.15) is 5.57 Å². The molecular weight excluding hydrogens is 349 g/mol. The van der Waals surface area contributed by atoms with Gasteiger partial charge in [0.15, 0.2) is 5.83 Å². The molecule has 5 aliphatic rings. The van der Waals surface area contributed by atoms with Crippen LogP contribution in [0.5, 0.6) is 0 Å². The molecular formula is C20H24FN3O3. The number of carboxylic acid groups (broad SMARTS) is 1. The largest absolute Gasteiger partial charge is 0.478 e. The Kier molecular flexibility index (Phi) is 3.73. The Morgan fingerprint density at radius 2 is 2.04 bits per heavy atom. The molecule has 2 N–H and O–H groups in total. The zero-order valence-electron chi connectivity index (χ0n) is 15.3. The highest BCUT2D eigenvalue weighted by atomic mass is 19.1. The maximum absolute atomic E-state index is 15.2. The van der Waals surface area contributed by atoms with Gasteiger partial charge in [-0.1, -0.05) is 6.08 Å². The fourth-order valence-corrected chi connectivity index (χ4v) is 5.48. The van der Waals surface area contributed by atoms with E-state index in [0.717, 1.165) is 44.5 Å². The maximum Gasteiger partial charge on any atom is 0.341 e. The first-order valence-corrected chi connectivity index (χ1v) is 9.81. The summed E-state index contributed by atoms with van der Waals surface area (Å²) >= 11 is 0. The third-order valence-electron chi connectivity index (χ3n) is 6.91. The number of rotatable bonds is 3. The van der Waals surface area contributed by atoms with Gasteiger partial charge in [0.2, 0.25) is 0 Å². The van der Waals surface area contributed by atoms with Crippen molar-refractivity contribution in [3.05, 3.63) is 34.9 Å². The zero-order valence-corrected chi connectivity index (χ0v) is 15.3. The Hall–Kier alpha value is -2.15. The van der Waals surface area contributed by atoms with Gasteiger partial charge in [-0.2, -0.15) is 0 Å². The van der Waals surface area contributed by atoms with Crippen LogP contribution in [0.2, 0.25) is 0 Å². The molecule has 6 nitrogen and oxygen atoms in total. The van der Waals surface area contributed by atoms with Gasteiger partial charge in [-0.05, 0) is 43.6 Å². The van der Waals surface area contributed by atoms with Crippen LogP contribution in [0.3, 0.4) is 0 Å². The molecule has 0 aromatic carbocycles. The highest BCUT2D eigenvalue weighted by Gasteiger charge is 2.49. The lowest BCUT2D eigenvalue weighted by atomic mass is 9.81. The molecule has 0 aromatic heterocycles. The highest BCUT2D eigenvalue weighted by molar-refractivity contribution is 6.16. The number of aliphatic carboxylic acids is 1. The van der Waals surface area contributed by atoms with Crippen LogP contribution in [0.1, 0.15) is 26.2 Å². The average molecular weight is 373 g/mol. The van der Waals surface area contributed by atoms with E-state index >= 15 is 4.39 Å². The third-order valence-corrected chi connectivity index (χ3v) is 6.91. The lowest BCUT2D eigenvalue weighted by molar-refractivity contribution is -0.138. The van der Waals surface area contributed by atoms with Crippen LogP contribution in [0.15, 0.2) is 34.9 Å². The molecule has 4 aliphatic heterocycles. The summed E-state index contributed by atoms with van der Waals surface area (Å²) in [6.07, 6.45) is 5.98. The number of likely N-dealkylation sites (tertiary alicyclic amines) is 1. The summed E-state index contributed by atoms with van der Waals surface area (Å²) in [5.41, 5.74) is 1.25. The van der Waals surface area contributed by atoms with Crippen LogP contribution >= 0.6 is 0 Å². The molecule has 27 heavy (non-hydrogen) atoms. The summed E-state index contributed by atoms with van der Waals surface area (Å²) in [4.78, 5) is 27.8. The van der Waals surface area contributed by atoms with Crippen molar-refractivity contribution in [3.8, 4) is 0 Å². The quantitative estimate of drug-likeness (QED) is 0.736. The lowest BCUT2D eigenvalue weighted by Gasteiger charge is -2.43. The van der Waals surface area contributed by atoms with E-state index in [4.69, 9.17) is 0 Å². The smallest absolute Gasteiger partial charge is 0.341 e. The van der Waals surface area contributed by atoms with Crippen molar-refractivity contribution in [1.29, 1.82) is 0 Å². The molecule has 0 bridgehead atoms. The third kappa shape index (κ3) is 2.47. The van der Waals surface area contributed by atoms with Gasteiger partial charge in [-0.25, -0.2) is 9.18 Å². The minimum atomic E-state index is -1.23. The second-order valence-electron chi connectivity index (χ2n) is 8.43. The Labute approximate surface area is 157 Å². The summed E-state index contributed by atoms with van der Waals surface area (Å²) < 4.78 is 15.2. The molecule has 0 spiro atoms. The lowest BCUT2D eigenvalue weighted by Crippen LogP contribution is -2.51. The summed E-state index contributed by atoms with van der Waals surface area (Å²) in [5, 5.41) is 12.8. The summed E-state index contributed by atoms with van der Waals surface area (Å²) in [6.45, 7) is 4.58. The minimum Gasteiger partial charge on any atom is -0.478 e. The molecule has 1 amide bonds. The van der Waals surface area contributed by atoms with E-state index in [2.05, 4.69) is 10.2 Å². The highest BCUT2D eigenvalue weighted by Crippen LogP contribution is 2.48. The number of carbonyl (C=O) groups excluding carboxylic acids is 1. The first kappa shape index (κ1) is 17.0. The monoisotopic (exact) mass is 373 g/mol. The van der Waals surface area contributed by atoms with Crippen LogP contribution in [-0.4, -0.2) is 58.5 Å². The van der Waals surface area contributed by atoms with Crippen LogP contribution in [0, 0.1) is 17.8 Å². The maximum atomic E-state index is 15.2. The molecule has 0 radical (unpaired) electrons. The van der Waals surface area contributed by atoms with Crippen molar-refractivity contribution in [2.75, 3.05) is 19.6 Å². The second kappa shape index (κ2) is 5.92. The Morgan fingerprint density at radius 1 is 1.26 bits per heavy atom. The first-order valence-electron chi connectivity index (χ1n) is 9.81. The Morgan fingerprint density at radius 3 is 2.74 bits per heavy atom. The molecule has 5 rings (SSSR count). The SMILES string of the molecule is CC1=C(N2CCC3CNCC32)C(F)=CN2C(=O)C(C(=O)O)=CC(C3CC3)C12. The van der Waals surface area contributed by atoms with Crippen molar-refractivity contribution in [1.82, 2.24) is 15.1 Å². The summed E-state index contributed by atoms with van der Waals surface area (Å²) in [6, 6.07) is 0.0143. The molecule has 4 atom stereocenters. The number of carboxylic acids is 1. The molecule has 7 heteroatoms. The molecule has 2 saturated heterocycles. The van der Waals surface area contributed by atoms with E-state index < -0.39 is 17.7 Å². The number of hydrogen-bond donors (Lipinski definition) is 2. The molecule has 144 valence electrons. The second-order valence-corrected chi connectivity index (χ2v) is 8.43. The van der Waals surface area contributed by atoms with E-state index in [1.807, 2.05) is 6.92 Å². The van der Waals surface area contributed by atoms with Gasteiger partial charge in [-0.3, -0.25) is 4.79 Å². The topological polar surface area (TPSA) is 72.9 Å².